The zero-order valence-electron chi connectivity index (χ0n) is 7.73. The van der Waals surface area contributed by atoms with Gasteiger partial charge in [0.25, 0.3) is 5.91 Å². The molecule has 5 nitrogen and oxygen atoms in total. The Bertz CT molecular complexity index is 585. The highest BCUT2D eigenvalue weighted by atomic mass is 16.2. The normalized spacial score (nSPS) is 15.2. The minimum Gasteiger partial charge on any atom is -0.302 e. The van der Waals surface area contributed by atoms with Crippen molar-refractivity contribution in [2.75, 3.05) is 5.32 Å². The van der Waals surface area contributed by atoms with Crippen LogP contribution in [0.5, 0.6) is 0 Å². The predicted octanol–water partition coefficient (Wildman–Crippen LogP) is 0.557. The number of amides is 1. The fraction of sp³-hybridized carbons (Fsp3) is 0.100. The standard InChI is InChI=1S/C10H7N3O2/c14-8-5-13-7-4-2-1-3-6(7)11-10(13)12-9(8)15/h1-4H,5H2,(H,11,12,15). The molecular weight excluding hydrogens is 194 g/mol. The van der Waals surface area contributed by atoms with Crippen LogP contribution in [0.25, 0.3) is 11.0 Å². The van der Waals surface area contributed by atoms with E-state index < -0.39 is 11.7 Å². The van der Waals surface area contributed by atoms with Gasteiger partial charge in [0.1, 0.15) is 0 Å². The monoisotopic (exact) mass is 201 g/mol. The Labute approximate surface area is 84.7 Å². The van der Waals surface area contributed by atoms with Crippen LogP contribution < -0.4 is 5.32 Å². The summed E-state index contributed by atoms with van der Waals surface area (Å²) in [6, 6.07) is 7.46. The molecule has 3 rings (SSSR count). The van der Waals surface area contributed by atoms with Gasteiger partial charge >= 0.3 is 0 Å². The van der Waals surface area contributed by atoms with E-state index in [9.17, 15) is 9.59 Å². The second-order valence-corrected chi connectivity index (χ2v) is 3.39. The van der Waals surface area contributed by atoms with E-state index in [2.05, 4.69) is 10.3 Å². The van der Waals surface area contributed by atoms with E-state index in [1.807, 2.05) is 24.3 Å². The molecule has 1 aliphatic rings. The van der Waals surface area contributed by atoms with Gasteiger partial charge in [-0.15, -0.1) is 0 Å². The molecule has 0 aliphatic carbocycles. The second kappa shape index (κ2) is 2.66. The molecule has 0 saturated carbocycles. The summed E-state index contributed by atoms with van der Waals surface area (Å²) in [5.41, 5.74) is 1.64. The Kier molecular flexibility index (Phi) is 1.45. The molecule has 0 saturated heterocycles. The highest BCUT2D eigenvalue weighted by Gasteiger charge is 2.25. The average molecular weight is 201 g/mol. The fourth-order valence-corrected chi connectivity index (χ4v) is 1.72. The lowest BCUT2D eigenvalue weighted by molar-refractivity contribution is -0.135. The first-order valence-electron chi connectivity index (χ1n) is 4.55. The predicted molar refractivity (Wildman–Crippen MR) is 53.4 cm³/mol. The fourth-order valence-electron chi connectivity index (χ4n) is 1.72. The zero-order valence-corrected chi connectivity index (χ0v) is 7.73. The largest absolute Gasteiger partial charge is 0.302 e. The van der Waals surface area contributed by atoms with E-state index in [1.54, 1.807) is 4.57 Å². The van der Waals surface area contributed by atoms with Gasteiger partial charge < -0.3 is 4.57 Å². The third-order valence-corrected chi connectivity index (χ3v) is 2.43. The topological polar surface area (TPSA) is 64.0 Å². The zero-order chi connectivity index (χ0) is 10.4. The molecule has 0 unspecified atom stereocenters. The molecule has 1 amide bonds. The second-order valence-electron chi connectivity index (χ2n) is 3.39. The number of hydrogen-bond acceptors (Lipinski definition) is 3. The summed E-state index contributed by atoms with van der Waals surface area (Å²) in [6.45, 7) is 0.0711. The minimum absolute atomic E-state index is 0.0711. The van der Waals surface area contributed by atoms with E-state index in [0.717, 1.165) is 11.0 Å². The van der Waals surface area contributed by atoms with Crippen molar-refractivity contribution < 1.29 is 9.59 Å². The van der Waals surface area contributed by atoms with Gasteiger partial charge in [0.2, 0.25) is 11.7 Å². The molecule has 74 valence electrons. The van der Waals surface area contributed by atoms with Crippen molar-refractivity contribution in [3.63, 3.8) is 0 Å². The summed E-state index contributed by atoms with van der Waals surface area (Å²) in [6.07, 6.45) is 0. The number of imidazole rings is 1. The van der Waals surface area contributed by atoms with Gasteiger partial charge in [-0.05, 0) is 12.1 Å². The molecule has 1 aromatic carbocycles. The summed E-state index contributed by atoms with van der Waals surface area (Å²) in [7, 11) is 0. The molecule has 0 bridgehead atoms. The lowest BCUT2D eigenvalue weighted by atomic mass is 10.3. The van der Waals surface area contributed by atoms with Crippen molar-refractivity contribution in [3.05, 3.63) is 24.3 Å². The lowest BCUT2D eigenvalue weighted by Gasteiger charge is -2.13. The molecule has 0 atom stereocenters. The van der Waals surface area contributed by atoms with Gasteiger partial charge in [0, 0.05) is 0 Å². The summed E-state index contributed by atoms with van der Waals surface area (Å²) in [5, 5.41) is 2.46. The number of para-hydroxylation sites is 2. The highest BCUT2D eigenvalue weighted by Crippen LogP contribution is 2.21. The first-order chi connectivity index (χ1) is 7.25. The van der Waals surface area contributed by atoms with Crippen molar-refractivity contribution in [1.82, 2.24) is 9.55 Å². The number of Topliss-reactive ketones (excluding diaryl/α,β-unsaturated/α-hetero) is 1. The SMILES string of the molecule is O=C1Cn2c(nc3ccccc32)NC1=O. The Hall–Kier alpha value is -2.17. The number of ketones is 1. The van der Waals surface area contributed by atoms with E-state index in [4.69, 9.17) is 0 Å². The minimum atomic E-state index is -0.585. The summed E-state index contributed by atoms with van der Waals surface area (Å²) in [5.74, 6) is -0.579. The van der Waals surface area contributed by atoms with Crippen molar-refractivity contribution in [2.45, 2.75) is 6.54 Å². The van der Waals surface area contributed by atoms with Crippen LogP contribution >= 0.6 is 0 Å². The number of hydrogen-bond donors (Lipinski definition) is 1. The number of nitrogens with one attached hydrogen (secondary N) is 1. The molecule has 1 aromatic heterocycles. The molecule has 1 aliphatic heterocycles. The van der Waals surface area contributed by atoms with Crippen LogP contribution in [0.4, 0.5) is 5.95 Å². The average Bonchev–Trinajstić information content (AvgIpc) is 2.57. The number of fused-ring (bicyclic) bond motifs is 3. The molecular formula is C10H7N3O2. The van der Waals surface area contributed by atoms with E-state index >= 15 is 0 Å². The van der Waals surface area contributed by atoms with Crippen LogP contribution in [0.1, 0.15) is 0 Å². The molecule has 0 radical (unpaired) electrons. The maximum atomic E-state index is 11.2. The van der Waals surface area contributed by atoms with Crippen LogP contribution in [0, 0.1) is 0 Å². The van der Waals surface area contributed by atoms with Gasteiger partial charge in [-0.25, -0.2) is 4.98 Å². The van der Waals surface area contributed by atoms with Gasteiger partial charge in [-0.3, -0.25) is 14.9 Å². The van der Waals surface area contributed by atoms with Crippen LogP contribution in [-0.4, -0.2) is 21.2 Å². The van der Waals surface area contributed by atoms with Crippen LogP contribution in [0.3, 0.4) is 0 Å². The van der Waals surface area contributed by atoms with Gasteiger partial charge in [-0.1, -0.05) is 12.1 Å². The molecule has 2 aromatic rings. The van der Waals surface area contributed by atoms with Crippen LogP contribution in [0.2, 0.25) is 0 Å². The maximum Gasteiger partial charge on any atom is 0.295 e. The van der Waals surface area contributed by atoms with Gasteiger partial charge in [0.05, 0.1) is 17.6 Å². The van der Waals surface area contributed by atoms with Crippen molar-refractivity contribution in [2.24, 2.45) is 0 Å². The Balaban J connectivity index is 2.29. The molecule has 0 spiro atoms. The molecule has 2 heterocycles. The third-order valence-electron chi connectivity index (χ3n) is 2.43. The Morgan fingerprint density at radius 1 is 1.27 bits per heavy atom. The highest BCUT2D eigenvalue weighted by molar-refractivity contribution is 6.41. The number of carbonyl (C=O) groups is 2. The van der Waals surface area contributed by atoms with E-state index in [-0.39, 0.29) is 6.54 Å². The van der Waals surface area contributed by atoms with Crippen molar-refractivity contribution in [3.8, 4) is 0 Å². The Morgan fingerprint density at radius 3 is 2.93 bits per heavy atom. The lowest BCUT2D eigenvalue weighted by Crippen LogP contribution is -2.33. The summed E-state index contributed by atoms with van der Waals surface area (Å²) >= 11 is 0. The van der Waals surface area contributed by atoms with Gasteiger partial charge in [0.15, 0.2) is 0 Å². The van der Waals surface area contributed by atoms with E-state index in [1.165, 1.54) is 0 Å². The van der Waals surface area contributed by atoms with Crippen LogP contribution in [0.15, 0.2) is 24.3 Å². The number of anilines is 1. The van der Waals surface area contributed by atoms with Crippen molar-refractivity contribution in [1.29, 1.82) is 0 Å². The maximum absolute atomic E-state index is 11.2. The molecule has 0 fully saturated rings. The molecule has 15 heavy (non-hydrogen) atoms. The smallest absolute Gasteiger partial charge is 0.295 e. The number of aromatic nitrogens is 2. The Morgan fingerprint density at radius 2 is 2.07 bits per heavy atom. The first-order valence-corrected chi connectivity index (χ1v) is 4.55. The first kappa shape index (κ1) is 8.16. The van der Waals surface area contributed by atoms with Crippen LogP contribution in [-0.2, 0) is 16.1 Å². The summed E-state index contributed by atoms with van der Waals surface area (Å²) < 4.78 is 1.71. The van der Waals surface area contributed by atoms with E-state index in [0.29, 0.717) is 5.95 Å². The third kappa shape index (κ3) is 1.06. The quantitative estimate of drug-likeness (QED) is 0.633. The molecule has 1 N–H and O–H groups in total. The van der Waals surface area contributed by atoms with Crippen molar-refractivity contribution >= 4 is 28.7 Å². The number of rotatable bonds is 0. The number of benzene rings is 1. The van der Waals surface area contributed by atoms with Gasteiger partial charge in [-0.2, -0.15) is 0 Å². The summed E-state index contributed by atoms with van der Waals surface area (Å²) in [4.78, 5) is 26.6. The molecule has 5 heteroatoms. The number of nitrogens with zero attached hydrogens (tertiary/aromatic N) is 2. The number of carbonyl (C=O) groups excluding carboxylic acids is 2.